The van der Waals surface area contributed by atoms with Crippen LogP contribution in [0.2, 0.25) is 0 Å². The lowest BCUT2D eigenvalue weighted by molar-refractivity contribution is 0.0781. The van der Waals surface area contributed by atoms with Crippen LogP contribution < -0.4 is 0 Å². The van der Waals surface area contributed by atoms with E-state index in [1.54, 1.807) is 4.90 Å². The van der Waals surface area contributed by atoms with Gasteiger partial charge in [0.2, 0.25) is 0 Å². The van der Waals surface area contributed by atoms with Crippen LogP contribution in [-0.2, 0) is 0 Å². The molecule has 5 heteroatoms. The van der Waals surface area contributed by atoms with E-state index in [0.29, 0.717) is 24.9 Å². The minimum absolute atomic E-state index is 0.193. The zero-order valence-corrected chi connectivity index (χ0v) is 10.6. The van der Waals surface area contributed by atoms with Crippen molar-refractivity contribution in [2.45, 2.75) is 12.8 Å². The first-order valence-corrected chi connectivity index (χ1v) is 6.45. The van der Waals surface area contributed by atoms with E-state index >= 15 is 0 Å². The molecular weight excluding hydrogens is 260 g/mol. The van der Waals surface area contributed by atoms with E-state index in [-0.39, 0.29) is 5.56 Å². The van der Waals surface area contributed by atoms with Crippen LogP contribution in [0.4, 0.5) is 8.78 Å². The lowest BCUT2D eigenvalue weighted by atomic mass is 10.1. The molecule has 0 saturated carbocycles. The van der Waals surface area contributed by atoms with Crippen molar-refractivity contribution in [1.82, 2.24) is 4.90 Å². The van der Waals surface area contributed by atoms with Crippen LogP contribution in [0.3, 0.4) is 0 Å². The number of hydrogen-bond acceptors (Lipinski definition) is 1. The third-order valence-electron chi connectivity index (χ3n) is 3.25. The SMILES string of the molecule is O=C(c1cc(F)ccc1F)N1CCC(CCCl)C1. The summed E-state index contributed by atoms with van der Waals surface area (Å²) in [6.45, 7) is 1.15. The van der Waals surface area contributed by atoms with Crippen molar-refractivity contribution in [3.05, 3.63) is 35.4 Å². The maximum absolute atomic E-state index is 13.5. The van der Waals surface area contributed by atoms with Crippen molar-refractivity contribution in [3.63, 3.8) is 0 Å². The summed E-state index contributed by atoms with van der Waals surface area (Å²) >= 11 is 5.66. The Bertz CT molecular complexity index is 453. The van der Waals surface area contributed by atoms with Crippen molar-refractivity contribution in [2.75, 3.05) is 19.0 Å². The van der Waals surface area contributed by atoms with Crippen molar-refractivity contribution in [2.24, 2.45) is 5.92 Å². The van der Waals surface area contributed by atoms with Gasteiger partial charge in [0, 0.05) is 19.0 Å². The summed E-state index contributed by atoms with van der Waals surface area (Å²) in [5.41, 5.74) is -0.193. The third kappa shape index (κ3) is 2.80. The van der Waals surface area contributed by atoms with E-state index in [9.17, 15) is 13.6 Å². The number of hydrogen-bond donors (Lipinski definition) is 0. The average Bonchev–Trinajstić information content (AvgIpc) is 2.80. The second-order valence-electron chi connectivity index (χ2n) is 4.51. The molecule has 0 aromatic heterocycles. The third-order valence-corrected chi connectivity index (χ3v) is 3.47. The molecule has 2 rings (SSSR count). The van der Waals surface area contributed by atoms with Gasteiger partial charge in [-0.25, -0.2) is 8.78 Å². The summed E-state index contributed by atoms with van der Waals surface area (Å²) in [6, 6.07) is 2.94. The molecule has 0 N–H and O–H groups in total. The van der Waals surface area contributed by atoms with Crippen molar-refractivity contribution in [3.8, 4) is 0 Å². The summed E-state index contributed by atoms with van der Waals surface area (Å²) in [4.78, 5) is 13.6. The minimum Gasteiger partial charge on any atom is -0.338 e. The topological polar surface area (TPSA) is 20.3 Å². The van der Waals surface area contributed by atoms with Gasteiger partial charge in [0.15, 0.2) is 0 Å². The molecule has 1 fully saturated rings. The average molecular weight is 274 g/mol. The second kappa shape index (κ2) is 5.65. The molecule has 0 spiro atoms. The summed E-state index contributed by atoms with van der Waals surface area (Å²) in [5, 5.41) is 0. The molecule has 1 aromatic carbocycles. The summed E-state index contributed by atoms with van der Waals surface area (Å²) in [5.74, 6) is -0.799. The molecule has 1 saturated heterocycles. The van der Waals surface area contributed by atoms with Gasteiger partial charge in [0.25, 0.3) is 5.91 Å². The molecule has 0 radical (unpaired) electrons. The Kier molecular flexibility index (Phi) is 4.17. The highest BCUT2D eigenvalue weighted by Gasteiger charge is 2.28. The quantitative estimate of drug-likeness (QED) is 0.775. The van der Waals surface area contributed by atoms with E-state index in [2.05, 4.69) is 0 Å². The van der Waals surface area contributed by atoms with E-state index < -0.39 is 17.5 Å². The van der Waals surface area contributed by atoms with Crippen LogP contribution >= 0.6 is 11.6 Å². The van der Waals surface area contributed by atoms with E-state index in [1.165, 1.54) is 0 Å². The normalized spacial score (nSPS) is 19.3. The fourth-order valence-electron chi connectivity index (χ4n) is 2.24. The van der Waals surface area contributed by atoms with Gasteiger partial charge in [0.1, 0.15) is 11.6 Å². The van der Waals surface area contributed by atoms with Crippen LogP contribution in [-0.4, -0.2) is 29.8 Å². The monoisotopic (exact) mass is 273 g/mol. The number of benzene rings is 1. The van der Waals surface area contributed by atoms with Gasteiger partial charge in [0.05, 0.1) is 5.56 Å². The Morgan fingerprint density at radius 3 is 2.94 bits per heavy atom. The summed E-state index contributed by atoms with van der Waals surface area (Å²) in [7, 11) is 0. The van der Waals surface area contributed by atoms with Gasteiger partial charge in [-0.3, -0.25) is 4.79 Å². The number of carbonyl (C=O) groups excluding carboxylic acids is 1. The molecule has 98 valence electrons. The summed E-state index contributed by atoms with van der Waals surface area (Å²) in [6.07, 6.45) is 1.71. The van der Waals surface area contributed by atoms with Gasteiger partial charge in [-0.15, -0.1) is 11.6 Å². The van der Waals surface area contributed by atoms with Crippen LogP contribution in [0.1, 0.15) is 23.2 Å². The van der Waals surface area contributed by atoms with Crippen LogP contribution in [0, 0.1) is 17.6 Å². The van der Waals surface area contributed by atoms with Gasteiger partial charge >= 0.3 is 0 Å². The van der Waals surface area contributed by atoms with E-state index in [0.717, 1.165) is 31.0 Å². The highest BCUT2D eigenvalue weighted by Crippen LogP contribution is 2.23. The molecule has 1 aliphatic heterocycles. The maximum Gasteiger partial charge on any atom is 0.256 e. The molecule has 1 aliphatic rings. The molecule has 1 aromatic rings. The lowest BCUT2D eigenvalue weighted by Gasteiger charge is -2.16. The van der Waals surface area contributed by atoms with Crippen LogP contribution in [0.15, 0.2) is 18.2 Å². The Morgan fingerprint density at radius 1 is 1.44 bits per heavy atom. The molecule has 18 heavy (non-hydrogen) atoms. The summed E-state index contributed by atoms with van der Waals surface area (Å²) < 4.78 is 26.5. The Labute approximate surface area is 110 Å². The highest BCUT2D eigenvalue weighted by atomic mass is 35.5. The number of rotatable bonds is 3. The number of halogens is 3. The number of likely N-dealkylation sites (tertiary alicyclic amines) is 1. The molecule has 0 bridgehead atoms. The fraction of sp³-hybridized carbons (Fsp3) is 0.462. The van der Waals surface area contributed by atoms with Crippen LogP contribution in [0.25, 0.3) is 0 Å². The second-order valence-corrected chi connectivity index (χ2v) is 4.89. The predicted octanol–water partition coefficient (Wildman–Crippen LogP) is 3.06. The molecule has 1 unspecified atom stereocenters. The van der Waals surface area contributed by atoms with Gasteiger partial charge in [-0.1, -0.05) is 0 Å². The Morgan fingerprint density at radius 2 is 2.22 bits per heavy atom. The van der Waals surface area contributed by atoms with Gasteiger partial charge in [-0.2, -0.15) is 0 Å². The first kappa shape index (κ1) is 13.3. The van der Waals surface area contributed by atoms with E-state index in [1.807, 2.05) is 0 Å². The Balaban J connectivity index is 2.10. The standard InChI is InChI=1S/C13H14ClF2NO/c14-5-3-9-4-6-17(8-9)13(18)11-7-10(15)1-2-12(11)16/h1-2,7,9H,3-6,8H2. The van der Waals surface area contributed by atoms with Crippen molar-refractivity contribution < 1.29 is 13.6 Å². The zero-order valence-electron chi connectivity index (χ0n) is 9.83. The highest BCUT2D eigenvalue weighted by molar-refractivity contribution is 6.17. The van der Waals surface area contributed by atoms with Crippen molar-refractivity contribution in [1.29, 1.82) is 0 Å². The smallest absolute Gasteiger partial charge is 0.256 e. The molecule has 2 nitrogen and oxygen atoms in total. The van der Waals surface area contributed by atoms with Gasteiger partial charge in [-0.05, 0) is 37.0 Å². The number of alkyl halides is 1. The molecule has 1 heterocycles. The van der Waals surface area contributed by atoms with Gasteiger partial charge < -0.3 is 4.90 Å². The largest absolute Gasteiger partial charge is 0.338 e. The fourth-order valence-corrected chi connectivity index (χ4v) is 2.55. The zero-order chi connectivity index (χ0) is 13.1. The van der Waals surface area contributed by atoms with Crippen molar-refractivity contribution >= 4 is 17.5 Å². The predicted molar refractivity (Wildman–Crippen MR) is 65.7 cm³/mol. The number of amides is 1. The minimum atomic E-state index is -0.679. The number of carbonyl (C=O) groups is 1. The molecule has 1 atom stereocenters. The van der Waals surface area contributed by atoms with Crippen LogP contribution in [0.5, 0.6) is 0 Å². The molecule has 0 aliphatic carbocycles. The molecule has 1 amide bonds. The first-order chi connectivity index (χ1) is 8.61. The number of nitrogens with zero attached hydrogens (tertiary/aromatic N) is 1. The first-order valence-electron chi connectivity index (χ1n) is 5.92. The lowest BCUT2D eigenvalue weighted by Crippen LogP contribution is -2.29. The van der Waals surface area contributed by atoms with E-state index in [4.69, 9.17) is 11.6 Å². The molecular formula is C13H14ClF2NO. The maximum atomic E-state index is 13.5. The Hall–Kier alpha value is -1.16.